The molecular weight excluding hydrogens is 102 g/mol. The van der Waals surface area contributed by atoms with E-state index in [9.17, 15) is 0 Å². The highest BCUT2D eigenvalue weighted by Crippen LogP contribution is 1.95. The number of aromatic nitrogens is 2. The van der Waals surface area contributed by atoms with Crippen LogP contribution in [0.2, 0.25) is 0 Å². The minimum Gasteiger partial charge on any atom is -0.394 e. The molecule has 0 aliphatic heterocycles. The van der Waals surface area contributed by atoms with E-state index >= 15 is 0 Å². The van der Waals surface area contributed by atoms with Gasteiger partial charge in [-0.3, -0.25) is 0 Å². The fraction of sp³-hybridized carbons (Fsp3) is 0. The molecule has 0 spiro atoms. The number of hydrogen-bond donors (Lipinski definition) is 0. The van der Waals surface area contributed by atoms with Crippen LogP contribution < -0.4 is 0 Å². The van der Waals surface area contributed by atoms with Crippen LogP contribution in [0.5, 0.6) is 0 Å². The highest BCUT2D eigenvalue weighted by atomic mass is 15.0. The van der Waals surface area contributed by atoms with Crippen molar-refractivity contribution in [1.29, 1.82) is 0 Å². The van der Waals surface area contributed by atoms with Crippen molar-refractivity contribution >= 4 is 5.95 Å². The summed E-state index contributed by atoms with van der Waals surface area (Å²) in [5, 5.41) is 0. The maximum atomic E-state index is 6.44. The van der Waals surface area contributed by atoms with Crippen LogP contribution in [0.25, 0.3) is 4.85 Å². The molecule has 38 valence electrons. The quantitative estimate of drug-likeness (QED) is 0.461. The first-order valence-electron chi connectivity index (χ1n) is 2.08. The van der Waals surface area contributed by atoms with Gasteiger partial charge in [-0.1, -0.05) is 0 Å². The Hall–Kier alpha value is -1.43. The zero-order valence-electron chi connectivity index (χ0n) is 4.07. The summed E-state index contributed by atoms with van der Waals surface area (Å²) in [6, 6.07) is 1.68. The third-order valence-corrected chi connectivity index (χ3v) is 0.652. The van der Waals surface area contributed by atoms with Crippen molar-refractivity contribution in [2.24, 2.45) is 0 Å². The molecule has 0 fully saturated rings. The highest BCUT2D eigenvalue weighted by molar-refractivity contribution is 5.21. The molecule has 0 saturated carbocycles. The summed E-state index contributed by atoms with van der Waals surface area (Å²) in [7, 11) is 0. The van der Waals surface area contributed by atoms with Gasteiger partial charge in [-0.25, -0.2) is 0 Å². The average Bonchev–Trinajstić information content (AvgIpc) is 1.90. The highest BCUT2D eigenvalue weighted by Gasteiger charge is 1.85. The first kappa shape index (κ1) is 4.72. The fourth-order valence-corrected chi connectivity index (χ4v) is 0.349. The lowest BCUT2D eigenvalue weighted by Crippen LogP contribution is -1.71. The van der Waals surface area contributed by atoms with E-state index in [1.807, 2.05) is 0 Å². The SMILES string of the molecule is [C-]#[N+]c1ncccn1. The zero-order valence-corrected chi connectivity index (χ0v) is 4.07. The molecule has 0 unspecified atom stereocenters. The second kappa shape index (κ2) is 2.03. The number of rotatable bonds is 0. The first-order valence-corrected chi connectivity index (χ1v) is 2.08. The van der Waals surface area contributed by atoms with Gasteiger partial charge in [0.15, 0.2) is 0 Å². The van der Waals surface area contributed by atoms with E-state index in [1.54, 1.807) is 18.5 Å². The third kappa shape index (κ3) is 0.793. The molecule has 0 N–H and O–H groups in total. The maximum Gasteiger partial charge on any atom is 0.371 e. The average molecular weight is 105 g/mol. The Labute approximate surface area is 46.8 Å². The monoisotopic (exact) mass is 105 g/mol. The van der Waals surface area contributed by atoms with Crippen molar-refractivity contribution in [3.63, 3.8) is 0 Å². The van der Waals surface area contributed by atoms with E-state index in [1.165, 1.54) is 0 Å². The minimum atomic E-state index is 0.201. The maximum absolute atomic E-state index is 6.44. The molecule has 0 aromatic carbocycles. The Morgan fingerprint density at radius 3 is 2.38 bits per heavy atom. The second-order valence-electron chi connectivity index (χ2n) is 1.16. The predicted molar refractivity (Wildman–Crippen MR) is 28.3 cm³/mol. The van der Waals surface area contributed by atoms with Gasteiger partial charge in [-0.2, -0.15) is 9.97 Å². The van der Waals surface area contributed by atoms with Crippen LogP contribution in [0.1, 0.15) is 0 Å². The number of hydrogen-bond acceptors (Lipinski definition) is 2. The van der Waals surface area contributed by atoms with Crippen molar-refractivity contribution in [3.05, 3.63) is 29.9 Å². The molecule has 0 radical (unpaired) electrons. The lowest BCUT2D eigenvalue weighted by Gasteiger charge is -1.78. The Balaban J connectivity index is 3.05. The van der Waals surface area contributed by atoms with Crippen LogP contribution in [0.4, 0.5) is 5.95 Å². The lowest BCUT2D eigenvalue weighted by molar-refractivity contribution is 1.20. The van der Waals surface area contributed by atoms with Crippen LogP contribution >= 0.6 is 0 Å². The van der Waals surface area contributed by atoms with Crippen molar-refractivity contribution in [1.82, 2.24) is 9.97 Å². The van der Waals surface area contributed by atoms with Gasteiger partial charge < -0.3 is 4.85 Å². The smallest absolute Gasteiger partial charge is 0.371 e. The van der Waals surface area contributed by atoms with Gasteiger partial charge in [0.1, 0.15) is 0 Å². The van der Waals surface area contributed by atoms with Crippen LogP contribution in [-0.4, -0.2) is 9.97 Å². The lowest BCUT2D eigenvalue weighted by atomic mass is 10.7. The van der Waals surface area contributed by atoms with E-state index < -0.39 is 0 Å². The Morgan fingerprint density at radius 1 is 1.38 bits per heavy atom. The summed E-state index contributed by atoms with van der Waals surface area (Å²) >= 11 is 0. The fourth-order valence-electron chi connectivity index (χ4n) is 0.349. The standard InChI is InChI=1S/C5H3N3/c1-6-5-7-3-2-4-8-5/h2-4H. The van der Waals surface area contributed by atoms with Crippen LogP contribution in [0.3, 0.4) is 0 Å². The van der Waals surface area contributed by atoms with Crippen LogP contribution in [0, 0.1) is 6.57 Å². The van der Waals surface area contributed by atoms with Gasteiger partial charge in [-0.15, -0.1) is 6.57 Å². The summed E-state index contributed by atoms with van der Waals surface area (Å²) in [5.74, 6) is 0.201. The summed E-state index contributed by atoms with van der Waals surface area (Å²) in [6.45, 7) is 6.44. The third-order valence-electron chi connectivity index (χ3n) is 0.652. The van der Waals surface area contributed by atoms with E-state index in [-0.39, 0.29) is 5.95 Å². The van der Waals surface area contributed by atoms with Gasteiger partial charge >= 0.3 is 5.95 Å². The molecule has 0 aliphatic rings. The molecule has 3 nitrogen and oxygen atoms in total. The van der Waals surface area contributed by atoms with Gasteiger partial charge in [0, 0.05) is 6.07 Å². The molecule has 1 aromatic rings. The van der Waals surface area contributed by atoms with Crippen molar-refractivity contribution in [2.45, 2.75) is 0 Å². The topological polar surface area (TPSA) is 30.1 Å². The number of nitrogens with zero attached hydrogens (tertiary/aromatic N) is 3. The predicted octanol–water partition coefficient (Wildman–Crippen LogP) is 1.03. The van der Waals surface area contributed by atoms with Gasteiger partial charge in [0.05, 0.1) is 12.4 Å². The summed E-state index contributed by atoms with van der Waals surface area (Å²) in [4.78, 5) is 10.3. The molecule has 3 heteroatoms. The van der Waals surface area contributed by atoms with Crippen molar-refractivity contribution in [3.8, 4) is 0 Å². The molecule has 1 heterocycles. The summed E-state index contributed by atoms with van der Waals surface area (Å²) in [6.07, 6.45) is 3.08. The summed E-state index contributed by atoms with van der Waals surface area (Å²) < 4.78 is 0. The van der Waals surface area contributed by atoms with E-state index in [0.717, 1.165) is 0 Å². The van der Waals surface area contributed by atoms with E-state index in [4.69, 9.17) is 6.57 Å². The molecule has 1 aromatic heterocycles. The van der Waals surface area contributed by atoms with Crippen molar-refractivity contribution in [2.75, 3.05) is 0 Å². The Bertz CT molecular complexity index is 199. The Morgan fingerprint density at radius 2 is 2.00 bits per heavy atom. The van der Waals surface area contributed by atoms with Gasteiger partial charge in [0.25, 0.3) is 0 Å². The van der Waals surface area contributed by atoms with Crippen LogP contribution in [-0.2, 0) is 0 Å². The normalized spacial score (nSPS) is 7.88. The largest absolute Gasteiger partial charge is 0.394 e. The van der Waals surface area contributed by atoms with Gasteiger partial charge in [0.2, 0.25) is 0 Å². The molecule has 8 heavy (non-hydrogen) atoms. The van der Waals surface area contributed by atoms with Crippen molar-refractivity contribution < 1.29 is 0 Å². The molecular formula is C5H3N3. The zero-order chi connectivity index (χ0) is 5.82. The molecule has 0 atom stereocenters. The van der Waals surface area contributed by atoms with E-state index in [0.29, 0.717) is 0 Å². The minimum absolute atomic E-state index is 0.201. The van der Waals surface area contributed by atoms with Gasteiger partial charge in [-0.05, 0) is 0 Å². The Kier molecular flexibility index (Phi) is 1.20. The van der Waals surface area contributed by atoms with E-state index in [2.05, 4.69) is 14.8 Å². The summed E-state index contributed by atoms with van der Waals surface area (Å²) in [5.41, 5.74) is 0. The second-order valence-corrected chi connectivity index (χ2v) is 1.16. The first-order chi connectivity index (χ1) is 3.93. The molecule has 0 bridgehead atoms. The molecule has 1 rings (SSSR count). The van der Waals surface area contributed by atoms with Crippen LogP contribution in [0.15, 0.2) is 18.5 Å². The molecule has 0 saturated heterocycles. The molecule has 0 aliphatic carbocycles. The molecule has 0 amide bonds.